The third-order valence-corrected chi connectivity index (χ3v) is 2.95. The molecule has 4 N–H and O–H groups in total. The molecule has 10 nitrogen and oxygen atoms in total. The minimum atomic E-state index is -0.948. The summed E-state index contributed by atoms with van der Waals surface area (Å²) in [5, 5.41) is 20.5. The molecule has 2 fully saturated rings. The molecule has 0 aromatic heterocycles. The summed E-state index contributed by atoms with van der Waals surface area (Å²) in [6.45, 7) is 0. The summed E-state index contributed by atoms with van der Waals surface area (Å²) >= 11 is 0. The summed E-state index contributed by atoms with van der Waals surface area (Å²) in [4.78, 5) is 60.9. The zero-order valence-corrected chi connectivity index (χ0v) is 13.7. The molecule has 10 heteroatoms. The van der Waals surface area contributed by atoms with E-state index < -0.39 is 11.9 Å². The van der Waals surface area contributed by atoms with E-state index in [2.05, 4.69) is 10.6 Å². The number of rotatable bonds is 4. The van der Waals surface area contributed by atoms with Crippen molar-refractivity contribution in [3.05, 3.63) is 0 Å². The number of nitrogens with one attached hydrogen (secondary N) is 2. The summed E-state index contributed by atoms with van der Waals surface area (Å²) in [6, 6.07) is 0. The highest BCUT2D eigenvalue weighted by Gasteiger charge is 2.13. The van der Waals surface area contributed by atoms with Gasteiger partial charge in [0.1, 0.15) is 0 Å². The molecular weight excluding hydrogens is 336 g/mol. The van der Waals surface area contributed by atoms with Crippen LogP contribution in [0, 0.1) is 0 Å². The first-order valence-corrected chi connectivity index (χ1v) is 7.79. The van der Waals surface area contributed by atoms with Gasteiger partial charge in [0.05, 0.1) is 0 Å². The van der Waals surface area contributed by atoms with Gasteiger partial charge >= 0.3 is 11.9 Å². The van der Waals surface area contributed by atoms with E-state index >= 15 is 0 Å². The van der Waals surface area contributed by atoms with Crippen LogP contribution in [0.3, 0.4) is 0 Å². The van der Waals surface area contributed by atoms with Gasteiger partial charge < -0.3 is 10.2 Å². The maximum absolute atomic E-state index is 10.3. The molecule has 0 aromatic carbocycles. The van der Waals surface area contributed by atoms with E-state index in [4.69, 9.17) is 10.2 Å². The molecule has 0 atom stereocenters. The van der Waals surface area contributed by atoms with Crippen LogP contribution in [-0.2, 0) is 28.8 Å². The molecule has 0 bridgehead atoms. The molecule has 0 spiro atoms. The average Bonchev–Trinajstić information content (AvgIpc) is 2.47. The van der Waals surface area contributed by atoms with Crippen LogP contribution in [0.5, 0.6) is 0 Å². The van der Waals surface area contributed by atoms with E-state index in [1.54, 1.807) is 0 Å². The van der Waals surface area contributed by atoms with Crippen LogP contribution in [0.4, 0.5) is 0 Å². The highest BCUT2D eigenvalue weighted by atomic mass is 16.4. The van der Waals surface area contributed by atoms with Crippen molar-refractivity contribution in [2.24, 2.45) is 0 Å². The van der Waals surface area contributed by atoms with Crippen molar-refractivity contribution in [2.45, 2.75) is 57.8 Å². The maximum Gasteiger partial charge on any atom is 0.303 e. The van der Waals surface area contributed by atoms with Crippen molar-refractivity contribution < 1.29 is 39.0 Å². The van der Waals surface area contributed by atoms with Crippen molar-refractivity contribution in [3.8, 4) is 0 Å². The highest BCUT2D eigenvalue weighted by Crippen LogP contribution is 2.01. The molecule has 25 heavy (non-hydrogen) atoms. The standard InChI is InChI=1S/2C5H7NO2.C5H8O4/c2*7-4-2-1-3-5(8)6-4;6-4(7)2-1-3-5(8)9/h2*1-3H2,(H,6,7,8);1-3H2,(H,6,7)(H,8,9). The fraction of sp³-hybridized carbons (Fsp3) is 0.600. The molecule has 0 aliphatic carbocycles. The van der Waals surface area contributed by atoms with E-state index in [0.29, 0.717) is 38.5 Å². The van der Waals surface area contributed by atoms with Gasteiger partial charge in [-0.05, 0) is 19.3 Å². The smallest absolute Gasteiger partial charge is 0.303 e. The first-order valence-electron chi connectivity index (χ1n) is 7.79. The van der Waals surface area contributed by atoms with Crippen molar-refractivity contribution in [3.63, 3.8) is 0 Å². The predicted molar refractivity (Wildman–Crippen MR) is 83.1 cm³/mol. The normalized spacial score (nSPS) is 16.3. The molecule has 2 heterocycles. The summed E-state index contributed by atoms with van der Waals surface area (Å²) in [7, 11) is 0. The van der Waals surface area contributed by atoms with E-state index in [-0.39, 0.29) is 42.9 Å². The van der Waals surface area contributed by atoms with Gasteiger partial charge in [-0.2, -0.15) is 0 Å². The van der Waals surface area contributed by atoms with Crippen molar-refractivity contribution in [2.75, 3.05) is 0 Å². The van der Waals surface area contributed by atoms with Crippen LogP contribution in [0.15, 0.2) is 0 Å². The lowest BCUT2D eigenvalue weighted by atomic mass is 10.1. The van der Waals surface area contributed by atoms with E-state index in [0.717, 1.165) is 0 Å². The minimum absolute atomic E-state index is 0.0632. The molecule has 4 amide bonds. The third kappa shape index (κ3) is 14.5. The number of aliphatic carboxylic acids is 2. The van der Waals surface area contributed by atoms with Gasteiger partial charge in [0, 0.05) is 38.5 Å². The number of imide groups is 2. The van der Waals surface area contributed by atoms with Crippen molar-refractivity contribution in [1.82, 2.24) is 10.6 Å². The van der Waals surface area contributed by atoms with E-state index in [1.807, 2.05) is 0 Å². The van der Waals surface area contributed by atoms with E-state index in [1.165, 1.54) is 0 Å². The number of carbonyl (C=O) groups is 6. The fourth-order valence-corrected chi connectivity index (χ4v) is 1.77. The van der Waals surface area contributed by atoms with Gasteiger partial charge in [0.25, 0.3) is 0 Å². The Labute approximate surface area is 144 Å². The lowest BCUT2D eigenvalue weighted by molar-refractivity contribution is -0.139. The van der Waals surface area contributed by atoms with Gasteiger partial charge in [0.15, 0.2) is 0 Å². The second kappa shape index (κ2) is 12.6. The largest absolute Gasteiger partial charge is 0.481 e. The second-order valence-corrected chi connectivity index (χ2v) is 5.29. The molecule has 2 rings (SSSR count). The Morgan fingerprint density at radius 3 is 1.12 bits per heavy atom. The number of carboxylic acids is 2. The van der Waals surface area contributed by atoms with Crippen LogP contribution in [-0.4, -0.2) is 45.8 Å². The lowest BCUT2D eigenvalue weighted by Gasteiger charge is -2.07. The van der Waals surface area contributed by atoms with Gasteiger partial charge in [0.2, 0.25) is 23.6 Å². The Kier molecular flexibility index (Phi) is 11.2. The zero-order valence-electron chi connectivity index (χ0n) is 13.7. The Balaban J connectivity index is 0.000000346. The SMILES string of the molecule is O=C(O)CCCC(=O)O.O=C1CCCC(=O)N1.O=C1CCCC(=O)N1. The maximum atomic E-state index is 10.3. The number of amides is 4. The molecule has 140 valence electrons. The molecule has 2 aliphatic rings. The molecule has 2 saturated heterocycles. The summed E-state index contributed by atoms with van der Waals surface area (Å²) in [6.07, 6.45) is 3.54. The molecule has 2 aliphatic heterocycles. The van der Waals surface area contributed by atoms with Crippen molar-refractivity contribution >= 4 is 35.6 Å². The van der Waals surface area contributed by atoms with E-state index in [9.17, 15) is 28.8 Å². The molecular formula is C15H22N2O8. The Bertz CT molecular complexity index is 456. The Morgan fingerprint density at radius 2 is 0.960 bits per heavy atom. The van der Waals surface area contributed by atoms with Gasteiger partial charge in [-0.3, -0.25) is 39.4 Å². The average molecular weight is 358 g/mol. The first-order chi connectivity index (χ1) is 11.7. The molecule has 0 aromatic rings. The quantitative estimate of drug-likeness (QED) is 0.507. The van der Waals surface area contributed by atoms with Crippen LogP contribution >= 0.6 is 0 Å². The Morgan fingerprint density at radius 1 is 0.680 bits per heavy atom. The van der Waals surface area contributed by atoms with Gasteiger partial charge in [-0.25, -0.2) is 0 Å². The number of carboxylic acid groups (broad SMARTS) is 2. The van der Waals surface area contributed by atoms with Gasteiger partial charge in [-0.15, -0.1) is 0 Å². The lowest BCUT2D eigenvalue weighted by Crippen LogP contribution is -2.33. The van der Waals surface area contributed by atoms with Crippen molar-refractivity contribution in [1.29, 1.82) is 0 Å². The summed E-state index contributed by atoms with van der Waals surface area (Å²) in [5.74, 6) is -2.45. The first kappa shape index (κ1) is 22.2. The number of hydrogen-bond acceptors (Lipinski definition) is 6. The minimum Gasteiger partial charge on any atom is -0.481 e. The fourth-order valence-electron chi connectivity index (χ4n) is 1.77. The molecule has 0 unspecified atom stereocenters. The van der Waals surface area contributed by atoms with Crippen LogP contribution in [0.25, 0.3) is 0 Å². The molecule has 0 saturated carbocycles. The van der Waals surface area contributed by atoms with Crippen LogP contribution in [0.2, 0.25) is 0 Å². The number of piperidine rings is 2. The summed E-state index contributed by atoms with van der Waals surface area (Å²) in [5.41, 5.74) is 0. The second-order valence-electron chi connectivity index (χ2n) is 5.29. The number of carbonyl (C=O) groups excluding carboxylic acids is 4. The zero-order chi connectivity index (χ0) is 19.2. The number of hydrogen-bond donors (Lipinski definition) is 4. The summed E-state index contributed by atoms with van der Waals surface area (Å²) < 4.78 is 0. The van der Waals surface area contributed by atoms with Gasteiger partial charge in [-0.1, -0.05) is 0 Å². The van der Waals surface area contributed by atoms with Crippen LogP contribution < -0.4 is 10.6 Å². The van der Waals surface area contributed by atoms with Crippen LogP contribution in [0.1, 0.15) is 57.8 Å². The third-order valence-electron chi connectivity index (χ3n) is 2.95. The Hall–Kier alpha value is -2.78. The highest BCUT2D eigenvalue weighted by molar-refractivity contribution is 5.97. The molecule has 0 radical (unpaired) electrons. The monoisotopic (exact) mass is 358 g/mol. The topological polar surface area (TPSA) is 167 Å². The predicted octanol–water partition coefficient (Wildman–Crippen LogP) is -0.0479.